The molecule has 0 spiro atoms. The summed E-state index contributed by atoms with van der Waals surface area (Å²) in [5, 5.41) is 20.2. The van der Waals surface area contributed by atoms with Crippen LogP contribution >= 0.6 is 0 Å². The van der Waals surface area contributed by atoms with Gasteiger partial charge in [0, 0.05) is 10.8 Å². The number of aromatic hydroxyl groups is 1. The Balaban J connectivity index is 0.00000256. The third-order valence-corrected chi connectivity index (χ3v) is 4.82. The number of aryl methyl sites for hydroxylation is 2. The minimum Gasteiger partial charge on any atom is -0.508 e. The standard InChI is InChI=1S/C23H22N4O2.H2O/c1-4-29-17-6-8-20-19(12-17)22(24)18-7-5-15(11-21(18)25-20)26-27-23-13(2)9-16(28)10-14(23)3;/h5-12,28H,4H2,1-3H3,(H2,24,25);1H2/b27-26+;. The molecule has 0 radical (unpaired) electrons. The first-order valence-electron chi connectivity index (χ1n) is 9.44. The molecule has 0 saturated carbocycles. The summed E-state index contributed by atoms with van der Waals surface area (Å²) in [5.41, 5.74) is 11.8. The van der Waals surface area contributed by atoms with Crippen LogP contribution in [0, 0.1) is 13.8 Å². The Labute approximate surface area is 174 Å². The van der Waals surface area contributed by atoms with Crippen LogP contribution in [0.5, 0.6) is 11.5 Å². The van der Waals surface area contributed by atoms with Crippen molar-refractivity contribution in [2.75, 3.05) is 12.3 Å². The second-order valence-electron chi connectivity index (χ2n) is 6.97. The van der Waals surface area contributed by atoms with Gasteiger partial charge >= 0.3 is 0 Å². The average molecular weight is 404 g/mol. The van der Waals surface area contributed by atoms with Gasteiger partial charge in [-0.1, -0.05) is 0 Å². The van der Waals surface area contributed by atoms with Gasteiger partial charge in [-0.15, -0.1) is 0 Å². The van der Waals surface area contributed by atoms with Gasteiger partial charge in [0.25, 0.3) is 0 Å². The van der Waals surface area contributed by atoms with Crippen LogP contribution in [0.25, 0.3) is 21.8 Å². The minimum absolute atomic E-state index is 0. The monoisotopic (exact) mass is 404 g/mol. The highest BCUT2D eigenvalue weighted by Gasteiger charge is 2.09. The summed E-state index contributed by atoms with van der Waals surface area (Å²) in [5.74, 6) is 1.00. The van der Waals surface area contributed by atoms with Crippen LogP contribution in [0.2, 0.25) is 0 Å². The molecule has 0 aliphatic rings. The van der Waals surface area contributed by atoms with E-state index in [2.05, 4.69) is 10.2 Å². The quantitative estimate of drug-likeness (QED) is 0.354. The number of nitrogens with zero attached hydrogens (tertiary/aromatic N) is 3. The van der Waals surface area contributed by atoms with Crippen LogP contribution in [0.4, 0.5) is 17.1 Å². The van der Waals surface area contributed by atoms with Gasteiger partial charge in [-0.05, 0) is 80.4 Å². The van der Waals surface area contributed by atoms with Gasteiger partial charge in [-0.2, -0.15) is 10.2 Å². The molecule has 7 heteroatoms. The predicted octanol–water partition coefficient (Wildman–Crippen LogP) is 5.28. The summed E-state index contributed by atoms with van der Waals surface area (Å²) in [6, 6.07) is 14.7. The maximum Gasteiger partial charge on any atom is 0.120 e. The lowest BCUT2D eigenvalue weighted by Crippen LogP contribution is -1.95. The van der Waals surface area contributed by atoms with Crippen LogP contribution < -0.4 is 10.5 Å². The number of pyridine rings is 1. The molecule has 0 atom stereocenters. The Morgan fingerprint density at radius 1 is 0.933 bits per heavy atom. The van der Waals surface area contributed by atoms with Crippen LogP contribution in [0.3, 0.4) is 0 Å². The Kier molecular flexibility index (Phi) is 5.84. The van der Waals surface area contributed by atoms with Crippen LogP contribution in [0.1, 0.15) is 18.1 Å². The molecule has 3 aromatic carbocycles. The Morgan fingerprint density at radius 2 is 1.67 bits per heavy atom. The van der Waals surface area contributed by atoms with E-state index in [-0.39, 0.29) is 11.2 Å². The first kappa shape index (κ1) is 21.0. The van der Waals surface area contributed by atoms with Gasteiger partial charge in [0.15, 0.2) is 0 Å². The predicted molar refractivity (Wildman–Crippen MR) is 120 cm³/mol. The van der Waals surface area contributed by atoms with E-state index in [0.717, 1.165) is 44.4 Å². The summed E-state index contributed by atoms with van der Waals surface area (Å²) >= 11 is 0. The first-order chi connectivity index (χ1) is 14.0. The molecule has 0 aliphatic heterocycles. The number of benzene rings is 3. The van der Waals surface area contributed by atoms with Crippen molar-refractivity contribution in [3.8, 4) is 11.5 Å². The molecule has 4 aromatic rings. The number of fused-ring (bicyclic) bond motifs is 2. The second kappa shape index (κ2) is 8.34. The zero-order chi connectivity index (χ0) is 20.5. The average Bonchev–Trinajstić information content (AvgIpc) is 2.68. The number of phenols is 1. The largest absolute Gasteiger partial charge is 0.508 e. The Morgan fingerprint density at radius 3 is 2.37 bits per heavy atom. The number of nitrogens with two attached hydrogens (primary N) is 1. The van der Waals surface area contributed by atoms with E-state index >= 15 is 0 Å². The number of hydrogen-bond donors (Lipinski definition) is 2. The van der Waals surface area contributed by atoms with Gasteiger partial charge in [0.2, 0.25) is 0 Å². The lowest BCUT2D eigenvalue weighted by molar-refractivity contribution is 0.341. The minimum atomic E-state index is 0. The van der Waals surface area contributed by atoms with E-state index in [1.54, 1.807) is 12.1 Å². The van der Waals surface area contributed by atoms with Gasteiger partial charge in [0.1, 0.15) is 11.5 Å². The zero-order valence-electron chi connectivity index (χ0n) is 17.1. The third kappa shape index (κ3) is 3.88. The van der Waals surface area contributed by atoms with Crippen molar-refractivity contribution in [2.45, 2.75) is 20.8 Å². The molecule has 30 heavy (non-hydrogen) atoms. The van der Waals surface area contributed by atoms with Crippen molar-refractivity contribution in [2.24, 2.45) is 10.2 Å². The number of hydrogen-bond acceptors (Lipinski definition) is 6. The fourth-order valence-corrected chi connectivity index (χ4v) is 3.46. The molecule has 0 aliphatic carbocycles. The molecule has 7 nitrogen and oxygen atoms in total. The second-order valence-corrected chi connectivity index (χ2v) is 6.97. The normalized spacial score (nSPS) is 11.2. The van der Waals surface area contributed by atoms with Crippen molar-refractivity contribution < 1.29 is 15.3 Å². The number of nitrogen functional groups attached to an aromatic ring is 1. The maximum absolute atomic E-state index is 9.68. The topological polar surface area (TPSA) is 125 Å². The number of azo groups is 1. The molecular weight excluding hydrogens is 380 g/mol. The molecule has 154 valence electrons. The number of anilines is 1. The van der Waals surface area contributed by atoms with Gasteiger partial charge in [0.05, 0.1) is 34.7 Å². The number of phenolic OH excluding ortho intramolecular Hbond substituents is 1. The maximum atomic E-state index is 9.68. The van der Waals surface area contributed by atoms with Crippen molar-refractivity contribution in [3.05, 3.63) is 59.7 Å². The van der Waals surface area contributed by atoms with Crippen molar-refractivity contribution in [1.29, 1.82) is 0 Å². The molecule has 0 saturated heterocycles. The van der Waals surface area contributed by atoms with Crippen molar-refractivity contribution >= 4 is 38.9 Å². The smallest absolute Gasteiger partial charge is 0.120 e. The summed E-state index contributed by atoms with van der Waals surface area (Å²) in [6.07, 6.45) is 0. The molecule has 5 N–H and O–H groups in total. The van der Waals surface area contributed by atoms with E-state index in [0.29, 0.717) is 18.0 Å². The van der Waals surface area contributed by atoms with Crippen molar-refractivity contribution in [3.63, 3.8) is 0 Å². The highest BCUT2D eigenvalue weighted by Crippen LogP contribution is 2.34. The first-order valence-corrected chi connectivity index (χ1v) is 9.44. The molecular formula is C23H24N4O3. The molecule has 0 fully saturated rings. The van der Waals surface area contributed by atoms with Crippen LogP contribution in [-0.4, -0.2) is 22.2 Å². The lowest BCUT2D eigenvalue weighted by atomic mass is 10.1. The molecule has 0 amide bonds. The van der Waals surface area contributed by atoms with E-state index in [1.165, 1.54) is 0 Å². The van der Waals surface area contributed by atoms with Crippen molar-refractivity contribution in [1.82, 2.24) is 4.98 Å². The number of ether oxygens (including phenoxy) is 1. The fourth-order valence-electron chi connectivity index (χ4n) is 3.46. The van der Waals surface area contributed by atoms with E-state index in [1.807, 2.05) is 57.2 Å². The highest BCUT2D eigenvalue weighted by molar-refractivity contribution is 6.07. The summed E-state index contributed by atoms with van der Waals surface area (Å²) < 4.78 is 5.57. The number of aromatic nitrogens is 1. The molecule has 0 bridgehead atoms. The molecule has 0 unspecified atom stereocenters. The zero-order valence-corrected chi connectivity index (χ0v) is 17.1. The van der Waals surface area contributed by atoms with Gasteiger partial charge in [-0.25, -0.2) is 4.98 Å². The fraction of sp³-hybridized carbons (Fsp3) is 0.174. The lowest BCUT2D eigenvalue weighted by Gasteiger charge is -2.09. The van der Waals surface area contributed by atoms with Crippen LogP contribution in [-0.2, 0) is 0 Å². The Hall–Kier alpha value is -3.71. The molecule has 1 heterocycles. The van der Waals surface area contributed by atoms with E-state index in [9.17, 15) is 5.11 Å². The third-order valence-electron chi connectivity index (χ3n) is 4.82. The summed E-state index contributed by atoms with van der Waals surface area (Å²) in [6.45, 7) is 6.34. The van der Waals surface area contributed by atoms with E-state index in [4.69, 9.17) is 15.5 Å². The molecule has 1 aromatic heterocycles. The highest BCUT2D eigenvalue weighted by atomic mass is 16.5. The SMILES string of the molecule is CCOc1ccc2nc3cc(/N=N/c4c(C)cc(O)cc4C)ccc3c(N)c2c1.O. The van der Waals surface area contributed by atoms with Gasteiger partial charge < -0.3 is 21.1 Å². The van der Waals surface area contributed by atoms with Gasteiger partial charge in [-0.3, -0.25) is 0 Å². The van der Waals surface area contributed by atoms with E-state index < -0.39 is 0 Å². The van der Waals surface area contributed by atoms with Crippen LogP contribution in [0.15, 0.2) is 58.8 Å². The summed E-state index contributed by atoms with van der Waals surface area (Å²) in [4.78, 5) is 4.73. The summed E-state index contributed by atoms with van der Waals surface area (Å²) in [7, 11) is 0. The number of rotatable bonds is 4. The molecule has 4 rings (SSSR count). The Bertz CT molecular complexity index is 1250.